The Kier molecular flexibility index (Phi) is 2.75. The van der Waals surface area contributed by atoms with E-state index in [1.165, 1.54) is 0 Å². The standard InChI is InChI=1S/C13H12N4O2/c1-2-19-13(18)9-3-4-11-10(7-9)12-8-15-16-17(12)6-5-14-11/h3-8,14H,2H2,1H3. The number of rotatable bonds is 2. The van der Waals surface area contributed by atoms with Crippen LogP contribution in [0.2, 0.25) is 0 Å². The van der Waals surface area contributed by atoms with Crippen LogP contribution in [0.4, 0.5) is 5.69 Å². The van der Waals surface area contributed by atoms with Crippen molar-refractivity contribution in [3.8, 4) is 11.3 Å². The summed E-state index contributed by atoms with van der Waals surface area (Å²) in [4.78, 5) is 11.8. The van der Waals surface area contributed by atoms with Gasteiger partial charge in [-0.1, -0.05) is 5.21 Å². The van der Waals surface area contributed by atoms with Crippen molar-refractivity contribution < 1.29 is 9.53 Å². The van der Waals surface area contributed by atoms with Crippen molar-refractivity contribution in [1.29, 1.82) is 0 Å². The number of nitrogens with zero attached hydrogens (tertiary/aromatic N) is 3. The van der Waals surface area contributed by atoms with E-state index in [2.05, 4.69) is 15.6 Å². The fourth-order valence-corrected chi connectivity index (χ4v) is 1.97. The highest BCUT2D eigenvalue weighted by atomic mass is 16.5. The van der Waals surface area contributed by atoms with Crippen molar-refractivity contribution in [3.05, 3.63) is 36.2 Å². The summed E-state index contributed by atoms with van der Waals surface area (Å²) >= 11 is 0. The number of hydrogen-bond donors (Lipinski definition) is 1. The summed E-state index contributed by atoms with van der Waals surface area (Å²) in [5, 5.41) is 11.0. The lowest BCUT2D eigenvalue weighted by atomic mass is 10.1. The summed E-state index contributed by atoms with van der Waals surface area (Å²) < 4.78 is 6.65. The normalized spacial score (nSPS) is 12.1. The Morgan fingerprint density at radius 2 is 2.37 bits per heavy atom. The number of aromatic nitrogens is 3. The third-order valence-electron chi connectivity index (χ3n) is 2.84. The molecule has 0 amide bonds. The molecule has 1 N–H and O–H groups in total. The molecule has 0 aliphatic carbocycles. The SMILES string of the molecule is CCOC(=O)c1ccc2c(c1)-c1cnnn1C=CN2. The molecular formula is C13H12N4O2. The minimum absolute atomic E-state index is 0.332. The second-order valence-electron chi connectivity index (χ2n) is 4.00. The van der Waals surface area contributed by atoms with E-state index in [0.717, 1.165) is 16.9 Å². The van der Waals surface area contributed by atoms with E-state index < -0.39 is 0 Å². The number of anilines is 1. The van der Waals surface area contributed by atoms with Crippen molar-refractivity contribution in [2.45, 2.75) is 6.92 Å². The van der Waals surface area contributed by atoms with Crippen LogP contribution < -0.4 is 5.32 Å². The lowest BCUT2D eigenvalue weighted by Crippen LogP contribution is -2.05. The predicted molar refractivity (Wildman–Crippen MR) is 70.4 cm³/mol. The Morgan fingerprint density at radius 3 is 3.21 bits per heavy atom. The van der Waals surface area contributed by atoms with Crippen LogP contribution in [0, 0.1) is 0 Å². The Labute approximate surface area is 109 Å². The average Bonchev–Trinajstić information content (AvgIpc) is 2.81. The Bertz CT molecular complexity index is 660. The van der Waals surface area contributed by atoms with Gasteiger partial charge in [-0.05, 0) is 25.1 Å². The second kappa shape index (κ2) is 4.56. The molecule has 0 fully saturated rings. The number of carbonyl (C=O) groups excluding carboxylic acids is 1. The minimum Gasteiger partial charge on any atom is -0.462 e. The first-order chi connectivity index (χ1) is 9.29. The van der Waals surface area contributed by atoms with E-state index in [9.17, 15) is 4.79 Å². The number of carbonyl (C=O) groups is 1. The largest absolute Gasteiger partial charge is 0.462 e. The highest BCUT2D eigenvalue weighted by Crippen LogP contribution is 2.30. The molecule has 6 heteroatoms. The molecule has 3 rings (SSSR count). The average molecular weight is 256 g/mol. The zero-order valence-corrected chi connectivity index (χ0v) is 10.3. The monoisotopic (exact) mass is 256 g/mol. The van der Waals surface area contributed by atoms with Gasteiger partial charge >= 0.3 is 5.97 Å². The second-order valence-corrected chi connectivity index (χ2v) is 4.00. The maximum atomic E-state index is 11.8. The fraction of sp³-hybridized carbons (Fsp3) is 0.154. The van der Waals surface area contributed by atoms with Gasteiger partial charge in [0.05, 0.1) is 24.1 Å². The van der Waals surface area contributed by atoms with Crippen molar-refractivity contribution >= 4 is 17.9 Å². The summed E-state index contributed by atoms with van der Waals surface area (Å²) in [5.41, 5.74) is 3.09. The molecule has 1 aliphatic rings. The van der Waals surface area contributed by atoms with Crippen LogP contribution >= 0.6 is 0 Å². The molecule has 1 aliphatic heterocycles. The summed E-state index contributed by atoms with van der Waals surface area (Å²) in [6.07, 6.45) is 5.20. The molecule has 0 bridgehead atoms. The molecule has 1 aromatic carbocycles. The molecule has 0 spiro atoms. The van der Waals surface area contributed by atoms with E-state index in [1.54, 1.807) is 42.3 Å². The molecule has 0 unspecified atom stereocenters. The first-order valence-corrected chi connectivity index (χ1v) is 5.94. The van der Waals surface area contributed by atoms with E-state index in [4.69, 9.17) is 4.74 Å². The van der Waals surface area contributed by atoms with Gasteiger partial charge in [0.15, 0.2) is 0 Å². The van der Waals surface area contributed by atoms with E-state index in [-0.39, 0.29) is 5.97 Å². The number of hydrogen-bond acceptors (Lipinski definition) is 5. The fourth-order valence-electron chi connectivity index (χ4n) is 1.97. The molecule has 0 saturated carbocycles. The highest BCUT2D eigenvalue weighted by Gasteiger charge is 2.16. The van der Waals surface area contributed by atoms with Crippen LogP contribution in [0.25, 0.3) is 17.5 Å². The molecule has 2 heterocycles. The maximum absolute atomic E-state index is 11.8. The van der Waals surface area contributed by atoms with Crippen molar-refractivity contribution in [1.82, 2.24) is 15.0 Å². The van der Waals surface area contributed by atoms with Gasteiger partial charge in [0.1, 0.15) is 0 Å². The van der Waals surface area contributed by atoms with E-state index in [1.807, 2.05) is 6.07 Å². The zero-order valence-electron chi connectivity index (χ0n) is 10.3. The molecule has 6 nitrogen and oxygen atoms in total. The van der Waals surface area contributed by atoms with Crippen LogP contribution in [-0.4, -0.2) is 27.6 Å². The van der Waals surface area contributed by atoms with E-state index >= 15 is 0 Å². The summed E-state index contributed by atoms with van der Waals surface area (Å²) in [5.74, 6) is -0.332. The van der Waals surface area contributed by atoms with E-state index in [0.29, 0.717) is 12.2 Å². The number of fused-ring (bicyclic) bond motifs is 3. The molecular weight excluding hydrogens is 244 g/mol. The van der Waals surface area contributed by atoms with Crippen LogP contribution in [-0.2, 0) is 4.74 Å². The number of esters is 1. The van der Waals surface area contributed by atoms with Crippen molar-refractivity contribution in [3.63, 3.8) is 0 Å². The number of ether oxygens (including phenoxy) is 1. The van der Waals surface area contributed by atoms with Crippen molar-refractivity contribution in [2.75, 3.05) is 11.9 Å². The van der Waals surface area contributed by atoms with Crippen molar-refractivity contribution in [2.24, 2.45) is 0 Å². The predicted octanol–water partition coefficient (Wildman–Crippen LogP) is 1.98. The quantitative estimate of drug-likeness (QED) is 0.832. The summed E-state index contributed by atoms with van der Waals surface area (Å²) in [7, 11) is 0. The molecule has 0 atom stereocenters. The molecule has 0 radical (unpaired) electrons. The third kappa shape index (κ3) is 1.97. The minimum atomic E-state index is -0.332. The molecule has 1 aromatic heterocycles. The first kappa shape index (κ1) is 11.5. The molecule has 0 saturated heterocycles. The van der Waals surface area contributed by atoms with Crippen LogP contribution in [0.5, 0.6) is 0 Å². The smallest absolute Gasteiger partial charge is 0.338 e. The van der Waals surface area contributed by atoms with Gasteiger partial charge in [-0.25, -0.2) is 9.48 Å². The maximum Gasteiger partial charge on any atom is 0.338 e. The van der Waals surface area contributed by atoms with Gasteiger partial charge in [-0.15, -0.1) is 5.10 Å². The highest BCUT2D eigenvalue weighted by molar-refractivity contribution is 5.93. The lowest BCUT2D eigenvalue weighted by Gasteiger charge is -2.08. The molecule has 19 heavy (non-hydrogen) atoms. The first-order valence-electron chi connectivity index (χ1n) is 5.94. The number of benzene rings is 1. The van der Waals surface area contributed by atoms with Gasteiger partial charge in [0, 0.05) is 23.7 Å². The van der Waals surface area contributed by atoms with Gasteiger partial charge in [-0.3, -0.25) is 0 Å². The summed E-state index contributed by atoms with van der Waals surface area (Å²) in [6.45, 7) is 2.14. The number of nitrogens with one attached hydrogen (secondary N) is 1. The van der Waals surface area contributed by atoms with Crippen LogP contribution in [0.15, 0.2) is 30.6 Å². The Morgan fingerprint density at radius 1 is 1.47 bits per heavy atom. The molecule has 96 valence electrons. The van der Waals surface area contributed by atoms with Gasteiger partial charge < -0.3 is 10.1 Å². The Balaban J connectivity index is 2.10. The summed E-state index contributed by atoms with van der Waals surface area (Å²) in [6, 6.07) is 5.36. The lowest BCUT2D eigenvalue weighted by molar-refractivity contribution is 0.0526. The van der Waals surface area contributed by atoms with Crippen LogP contribution in [0.1, 0.15) is 17.3 Å². The van der Waals surface area contributed by atoms with Crippen LogP contribution in [0.3, 0.4) is 0 Å². The van der Waals surface area contributed by atoms with Gasteiger partial charge in [-0.2, -0.15) is 0 Å². The van der Waals surface area contributed by atoms with Gasteiger partial charge in [0.2, 0.25) is 0 Å². The third-order valence-corrected chi connectivity index (χ3v) is 2.84. The van der Waals surface area contributed by atoms with Gasteiger partial charge in [0.25, 0.3) is 0 Å². The topological polar surface area (TPSA) is 69.0 Å². The Hall–Kier alpha value is -2.63. The zero-order chi connectivity index (χ0) is 13.2. The molecule has 2 aromatic rings.